The Labute approximate surface area is 161 Å². The number of carboxylic acids is 1. The van der Waals surface area contributed by atoms with Crippen LogP contribution in [-0.4, -0.2) is 24.8 Å². The van der Waals surface area contributed by atoms with E-state index in [1.54, 1.807) is 43.3 Å². The molecule has 26 heavy (non-hydrogen) atoms. The molecule has 1 aromatic carbocycles. The molecular formula is C17H12ClN2O4S2-. The van der Waals surface area contributed by atoms with E-state index >= 15 is 0 Å². The molecule has 0 aliphatic rings. The molecule has 0 fully saturated rings. The second kappa shape index (κ2) is 7.55. The van der Waals surface area contributed by atoms with E-state index in [0.29, 0.717) is 26.8 Å². The number of para-hydroxylation sites is 1. The van der Waals surface area contributed by atoms with E-state index in [2.05, 4.69) is 4.98 Å². The van der Waals surface area contributed by atoms with Gasteiger partial charge < -0.3 is 9.66 Å². The summed E-state index contributed by atoms with van der Waals surface area (Å²) >= 11 is 4.08. The van der Waals surface area contributed by atoms with Crippen LogP contribution < -0.4 is 4.31 Å². The third kappa shape index (κ3) is 3.63. The predicted molar refractivity (Wildman–Crippen MR) is 102 cm³/mol. The highest BCUT2D eigenvalue weighted by molar-refractivity contribution is 7.81. The van der Waals surface area contributed by atoms with E-state index in [4.69, 9.17) is 11.6 Å². The van der Waals surface area contributed by atoms with Crippen LogP contribution >= 0.6 is 22.9 Å². The summed E-state index contributed by atoms with van der Waals surface area (Å²) in [5.41, 5.74) is 1.66. The molecule has 2 aromatic heterocycles. The Kier molecular flexibility index (Phi) is 5.38. The number of carboxylic acid groups (broad SMARTS) is 1. The van der Waals surface area contributed by atoms with Crippen molar-refractivity contribution in [3.8, 4) is 10.6 Å². The maximum atomic E-state index is 11.9. The van der Waals surface area contributed by atoms with E-state index in [1.807, 2.05) is 0 Å². The Morgan fingerprint density at radius 2 is 2.00 bits per heavy atom. The molecule has 1 unspecified atom stereocenters. The molecule has 0 bridgehead atoms. The number of pyridine rings is 1. The number of hydrogen-bond donors (Lipinski definition) is 1. The lowest BCUT2D eigenvalue weighted by molar-refractivity contribution is 0.0703. The Balaban J connectivity index is 2.18. The van der Waals surface area contributed by atoms with E-state index in [9.17, 15) is 18.7 Å². The molecule has 6 nitrogen and oxygen atoms in total. The quantitative estimate of drug-likeness (QED) is 0.632. The van der Waals surface area contributed by atoms with Gasteiger partial charge in [-0.3, -0.25) is 13.5 Å². The second-order valence-electron chi connectivity index (χ2n) is 5.29. The van der Waals surface area contributed by atoms with Gasteiger partial charge in [-0.15, -0.1) is 11.3 Å². The molecule has 0 saturated heterocycles. The molecule has 0 radical (unpaired) electrons. The van der Waals surface area contributed by atoms with Crippen molar-refractivity contribution in [2.24, 2.45) is 0 Å². The van der Waals surface area contributed by atoms with Gasteiger partial charge in [-0.2, -0.15) is 0 Å². The maximum absolute atomic E-state index is 11.9. The number of rotatable bonds is 5. The number of halogens is 1. The van der Waals surface area contributed by atoms with Gasteiger partial charge in [0.2, 0.25) is 0 Å². The first-order valence-electron chi connectivity index (χ1n) is 7.32. The van der Waals surface area contributed by atoms with Crippen molar-refractivity contribution in [2.75, 3.05) is 4.31 Å². The van der Waals surface area contributed by atoms with Crippen LogP contribution in [0.1, 0.15) is 15.2 Å². The topological polar surface area (TPSA) is 93.6 Å². The third-order valence-electron chi connectivity index (χ3n) is 3.59. The van der Waals surface area contributed by atoms with E-state index in [0.717, 1.165) is 15.6 Å². The van der Waals surface area contributed by atoms with E-state index in [1.165, 1.54) is 12.3 Å². The van der Waals surface area contributed by atoms with Crippen molar-refractivity contribution in [2.45, 2.75) is 6.92 Å². The van der Waals surface area contributed by atoms with Crippen LogP contribution in [-0.2, 0) is 11.3 Å². The fraction of sp³-hybridized carbons (Fsp3) is 0.0588. The molecule has 0 spiro atoms. The van der Waals surface area contributed by atoms with Crippen LogP contribution in [0.5, 0.6) is 0 Å². The lowest BCUT2D eigenvalue weighted by atomic mass is 10.2. The SMILES string of the molecule is Cc1ccccc1N(c1cc(-c2ccc(Cl)cn2)sc1C(=O)O)S(=O)[O-]. The summed E-state index contributed by atoms with van der Waals surface area (Å²) in [6, 6.07) is 11.6. The van der Waals surface area contributed by atoms with Gasteiger partial charge in [0.25, 0.3) is 0 Å². The summed E-state index contributed by atoms with van der Waals surface area (Å²) < 4.78 is 24.8. The van der Waals surface area contributed by atoms with Crippen molar-refractivity contribution in [1.29, 1.82) is 0 Å². The minimum Gasteiger partial charge on any atom is -0.755 e. The molecule has 0 amide bonds. The molecule has 3 rings (SSSR count). The first kappa shape index (κ1) is 18.5. The zero-order valence-corrected chi connectivity index (χ0v) is 15.8. The minimum absolute atomic E-state index is 0.0666. The van der Waals surface area contributed by atoms with Crippen molar-refractivity contribution >= 4 is 51.5 Å². The van der Waals surface area contributed by atoms with Gasteiger partial charge >= 0.3 is 5.97 Å². The smallest absolute Gasteiger partial charge is 0.348 e. The van der Waals surface area contributed by atoms with Gasteiger partial charge in [-0.25, -0.2) is 4.79 Å². The van der Waals surface area contributed by atoms with Gasteiger partial charge in [0.1, 0.15) is 4.88 Å². The lowest BCUT2D eigenvalue weighted by Gasteiger charge is -2.27. The minimum atomic E-state index is -2.70. The van der Waals surface area contributed by atoms with Gasteiger partial charge in [0.05, 0.1) is 38.2 Å². The standard InChI is InChI=1S/C17H13ClN2O4S2/c1-10-4-2-3-5-13(10)20(26(23)24)14-8-15(25-16(14)17(21)22)12-7-6-11(18)9-19-12/h2-9H,1H3,(H,21,22)(H,23,24)/p-1. The van der Waals surface area contributed by atoms with Crippen molar-refractivity contribution in [3.05, 3.63) is 64.1 Å². The van der Waals surface area contributed by atoms with Crippen LogP contribution in [0, 0.1) is 6.92 Å². The number of anilines is 2. The number of benzene rings is 1. The Morgan fingerprint density at radius 1 is 1.27 bits per heavy atom. The monoisotopic (exact) mass is 407 g/mol. The summed E-state index contributed by atoms with van der Waals surface area (Å²) in [6.45, 7) is 1.75. The van der Waals surface area contributed by atoms with Gasteiger partial charge in [0, 0.05) is 6.20 Å². The van der Waals surface area contributed by atoms with Crippen molar-refractivity contribution in [3.63, 3.8) is 0 Å². The maximum Gasteiger partial charge on any atom is 0.348 e. The number of nitrogens with zero attached hydrogens (tertiary/aromatic N) is 2. The van der Waals surface area contributed by atoms with Crippen LogP contribution in [0.2, 0.25) is 5.02 Å². The molecule has 1 N–H and O–H groups in total. The second-order valence-corrected chi connectivity index (χ2v) is 7.58. The highest BCUT2D eigenvalue weighted by atomic mass is 35.5. The van der Waals surface area contributed by atoms with E-state index < -0.39 is 17.2 Å². The number of thiophene rings is 1. The Hall–Kier alpha value is -2.26. The van der Waals surface area contributed by atoms with Gasteiger partial charge in [-0.1, -0.05) is 29.8 Å². The molecule has 2 heterocycles. The van der Waals surface area contributed by atoms with Gasteiger partial charge in [0.15, 0.2) is 0 Å². The summed E-state index contributed by atoms with van der Waals surface area (Å²) in [4.78, 5) is 16.3. The number of aromatic carboxylic acids is 1. The first-order valence-corrected chi connectivity index (χ1v) is 9.55. The zero-order chi connectivity index (χ0) is 18.8. The fourth-order valence-electron chi connectivity index (χ4n) is 2.41. The van der Waals surface area contributed by atoms with Gasteiger partial charge in [-0.05, 0) is 36.8 Å². The molecule has 0 saturated carbocycles. The Morgan fingerprint density at radius 3 is 2.58 bits per heavy atom. The normalized spacial score (nSPS) is 12.0. The van der Waals surface area contributed by atoms with Crippen molar-refractivity contribution in [1.82, 2.24) is 4.98 Å². The highest BCUT2D eigenvalue weighted by Gasteiger charge is 2.24. The lowest BCUT2D eigenvalue weighted by Crippen LogP contribution is -2.21. The number of aryl methyl sites for hydroxylation is 1. The molecule has 134 valence electrons. The molecule has 3 aromatic rings. The zero-order valence-electron chi connectivity index (χ0n) is 13.4. The first-order chi connectivity index (χ1) is 12.4. The summed E-state index contributed by atoms with van der Waals surface area (Å²) in [6.07, 6.45) is 1.45. The summed E-state index contributed by atoms with van der Waals surface area (Å²) in [7, 11) is 0. The summed E-state index contributed by atoms with van der Waals surface area (Å²) in [5, 5.41) is 10.0. The van der Waals surface area contributed by atoms with Crippen LogP contribution in [0.15, 0.2) is 48.7 Å². The molecular weight excluding hydrogens is 396 g/mol. The van der Waals surface area contributed by atoms with Crippen molar-refractivity contribution < 1.29 is 18.7 Å². The van der Waals surface area contributed by atoms with E-state index in [-0.39, 0.29) is 10.6 Å². The van der Waals surface area contributed by atoms with Crippen LogP contribution in [0.4, 0.5) is 11.4 Å². The number of aromatic nitrogens is 1. The summed E-state index contributed by atoms with van der Waals surface area (Å²) in [5.74, 6) is -1.21. The number of hydrogen-bond acceptors (Lipinski definition) is 5. The average molecular weight is 408 g/mol. The Bertz CT molecular complexity index is 989. The third-order valence-corrected chi connectivity index (χ3v) is 5.64. The highest BCUT2D eigenvalue weighted by Crippen LogP contribution is 2.40. The van der Waals surface area contributed by atoms with Crippen LogP contribution in [0.3, 0.4) is 0 Å². The predicted octanol–water partition coefficient (Wildman–Crippen LogP) is 4.40. The fourth-order valence-corrected chi connectivity index (χ4v) is 4.21. The average Bonchev–Trinajstić information content (AvgIpc) is 3.02. The largest absolute Gasteiger partial charge is 0.755 e. The molecule has 1 atom stereocenters. The molecule has 0 aliphatic carbocycles. The van der Waals surface area contributed by atoms with Crippen LogP contribution in [0.25, 0.3) is 10.6 Å². The number of carbonyl (C=O) groups is 1. The molecule has 0 aliphatic heterocycles. The molecule has 9 heteroatoms.